The number of aromatic nitrogens is 2. The highest BCUT2D eigenvalue weighted by Gasteiger charge is 2.46. The van der Waals surface area contributed by atoms with Crippen molar-refractivity contribution in [3.8, 4) is 39.9 Å². The van der Waals surface area contributed by atoms with Gasteiger partial charge < -0.3 is 4.74 Å². The maximum Gasteiger partial charge on any atom is 0.236 e. The van der Waals surface area contributed by atoms with Gasteiger partial charge in [0.15, 0.2) is 5.60 Å². The fourth-order valence-corrected chi connectivity index (χ4v) is 5.44. The second-order valence-corrected chi connectivity index (χ2v) is 8.28. The first-order valence-electron chi connectivity index (χ1n) is 8.62. The Morgan fingerprint density at radius 1 is 0.828 bits per heavy atom. The van der Waals surface area contributed by atoms with E-state index in [2.05, 4.69) is 20.0 Å². The number of hydrogen-bond donors (Lipinski definition) is 0. The molecule has 0 atom stereocenters. The Labute approximate surface area is 173 Å². The zero-order valence-electron chi connectivity index (χ0n) is 14.8. The van der Waals surface area contributed by atoms with Crippen LogP contribution in [-0.2, 0) is 5.60 Å². The molecule has 1 spiro atoms. The largest absolute Gasteiger partial charge is 0.463 e. The molecule has 9 nitrogen and oxygen atoms in total. The van der Waals surface area contributed by atoms with E-state index in [0.717, 1.165) is 42.7 Å². The molecule has 0 radical (unpaired) electrons. The Morgan fingerprint density at radius 3 is 1.97 bits per heavy atom. The fraction of sp³-hybridized carbons (Fsp3) is 0.333. The third kappa shape index (κ3) is 3.23. The third-order valence-electron chi connectivity index (χ3n) is 4.63. The molecule has 3 heterocycles. The van der Waals surface area contributed by atoms with E-state index in [0.29, 0.717) is 15.9 Å². The summed E-state index contributed by atoms with van der Waals surface area (Å²) in [6.45, 7) is 0. The van der Waals surface area contributed by atoms with E-state index >= 15 is 0 Å². The van der Waals surface area contributed by atoms with Gasteiger partial charge in [-0.3, -0.25) is 0 Å². The van der Waals surface area contributed by atoms with Crippen LogP contribution in [0.3, 0.4) is 0 Å². The van der Waals surface area contributed by atoms with E-state index in [1.165, 1.54) is 22.7 Å². The van der Waals surface area contributed by atoms with Crippen molar-refractivity contribution in [1.82, 2.24) is 9.97 Å². The molecule has 1 fully saturated rings. The van der Waals surface area contributed by atoms with Gasteiger partial charge in [-0.05, 0) is 25.7 Å². The van der Waals surface area contributed by atoms with Crippen LogP contribution in [0, 0.1) is 45.3 Å². The topological polar surface area (TPSA) is 155 Å². The molecule has 29 heavy (non-hydrogen) atoms. The van der Waals surface area contributed by atoms with Gasteiger partial charge in [-0.25, -0.2) is 4.98 Å². The minimum absolute atomic E-state index is 0.250. The molecule has 4 rings (SSSR count). The summed E-state index contributed by atoms with van der Waals surface area (Å²) in [5, 5.41) is 36.4. The van der Waals surface area contributed by atoms with E-state index in [9.17, 15) is 0 Å². The molecule has 11 heteroatoms. The highest BCUT2D eigenvalue weighted by molar-refractivity contribution is 7.25. The van der Waals surface area contributed by atoms with Crippen molar-refractivity contribution in [2.45, 2.75) is 37.7 Å². The Hall–Kier alpha value is -3.64. The predicted octanol–water partition coefficient (Wildman–Crippen LogP) is 4.06. The van der Waals surface area contributed by atoms with Crippen LogP contribution < -0.4 is 4.74 Å². The van der Waals surface area contributed by atoms with Gasteiger partial charge in [0.25, 0.3) is 0 Å². The van der Waals surface area contributed by atoms with Gasteiger partial charge in [0.05, 0.1) is 4.88 Å². The molecule has 2 aliphatic rings. The Morgan fingerprint density at radius 2 is 1.38 bits per heavy atom. The summed E-state index contributed by atoms with van der Waals surface area (Å²) in [6.07, 6.45) is 4.61. The van der Waals surface area contributed by atoms with Crippen LogP contribution in [0.25, 0.3) is 9.75 Å². The highest BCUT2D eigenvalue weighted by Crippen LogP contribution is 2.56. The normalized spacial score (nSPS) is 15.3. The molecule has 2 aromatic heterocycles. The van der Waals surface area contributed by atoms with Crippen molar-refractivity contribution in [3.63, 3.8) is 0 Å². The van der Waals surface area contributed by atoms with Crippen LogP contribution in [0.5, 0.6) is 5.88 Å². The molecule has 0 amide bonds. The van der Waals surface area contributed by atoms with E-state index in [4.69, 9.17) is 25.8 Å². The number of fused-ring (bicyclic) bond motifs is 4. The van der Waals surface area contributed by atoms with Gasteiger partial charge in [0.1, 0.15) is 34.8 Å². The summed E-state index contributed by atoms with van der Waals surface area (Å²) in [5.41, 5.74) is -0.445. The van der Waals surface area contributed by atoms with Crippen molar-refractivity contribution in [1.29, 1.82) is 21.0 Å². The minimum atomic E-state index is -0.632. The van der Waals surface area contributed by atoms with E-state index in [1.54, 1.807) is 24.3 Å². The van der Waals surface area contributed by atoms with Crippen LogP contribution in [0.4, 0.5) is 10.3 Å². The molecule has 140 valence electrons. The first kappa shape index (κ1) is 18.7. The summed E-state index contributed by atoms with van der Waals surface area (Å²) < 4.78 is 6.32. The molecule has 1 saturated carbocycles. The molecule has 0 saturated heterocycles. The monoisotopic (exact) mass is 418 g/mol. The average Bonchev–Trinajstić information content (AvgIpc) is 3.35. The van der Waals surface area contributed by atoms with Crippen molar-refractivity contribution < 1.29 is 4.74 Å². The van der Waals surface area contributed by atoms with Crippen LogP contribution >= 0.6 is 22.7 Å². The van der Waals surface area contributed by atoms with Gasteiger partial charge in [-0.1, -0.05) is 29.1 Å². The number of hydrogen-bond acceptors (Lipinski definition) is 11. The summed E-state index contributed by atoms with van der Waals surface area (Å²) in [7, 11) is 0. The zero-order chi connectivity index (χ0) is 20.4. The van der Waals surface area contributed by atoms with Crippen LogP contribution in [0.1, 0.15) is 37.8 Å². The first-order valence-corrected chi connectivity index (χ1v) is 10.2. The van der Waals surface area contributed by atoms with Crippen LogP contribution in [0.15, 0.2) is 9.98 Å². The zero-order valence-corrected chi connectivity index (χ0v) is 16.5. The first-order chi connectivity index (χ1) is 14.1. The quantitative estimate of drug-likeness (QED) is 0.666. The third-order valence-corrected chi connectivity index (χ3v) is 6.67. The molecule has 0 bridgehead atoms. The molecule has 0 unspecified atom stereocenters. The highest BCUT2D eigenvalue weighted by atomic mass is 32.1. The van der Waals surface area contributed by atoms with Gasteiger partial charge in [-0.15, -0.1) is 0 Å². The van der Waals surface area contributed by atoms with E-state index in [-0.39, 0.29) is 16.6 Å². The Kier molecular flexibility index (Phi) is 4.78. The summed E-state index contributed by atoms with van der Waals surface area (Å²) in [5.74, 6) is 0.401. The molecule has 2 aromatic rings. The van der Waals surface area contributed by atoms with E-state index in [1.807, 2.05) is 0 Å². The number of nitriles is 4. The van der Waals surface area contributed by atoms with Crippen LogP contribution in [0.2, 0.25) is 0 Å². The number of aliphatic imine (C=N–C) groups is 2. The minimum Gasteiger partial charge on any atom is -0.463 e. The number of ether oxygens (including phenoxy) is 1. The SMILES string of the molecule is N#CC(C#N)=Nc1nc2c(s1)-c1sc(N=C(C#N)C#N)nc1C1(CCCCC1)O2. The Bertz CT molecular complexity index is 1190. The Balaban J connectivity index is 1.87. The number of nitrogens with zero attached hydrogens (tertiary/aromatic N) is 8. The van der Waals surface area contributed by atoms with Gasteiger partial charge in [0, 0.05) is 0 Å². The van der Waals surface area contributed by atoms with Crippen molar-refractivity contribution in [2.75, 3.05) is 0 Å². The fourth-order valence-electron chi connectivity index (χ4n) is 3.41. The van der Waals surface area contributed by atoms with Crippen molar-refractivity contribution >= 4 is 44.4 Å². The standard InChI is InChI=1S/C18H10N8OS2/c19-6-10(7-20)23-16-25-14-12(28-16)13-15(27-18(14)4-2-1-3-5-18)26-17(29-13)24-11(8-21)9-22/h1-5H2. The lowest BCUT2D eigenvalue weighted by molar-refractivity contribution is 0.0170. The molecular weight excluding hydrogens is 408 g/mol. The predicted molar refractivity (Wildman–Crippen MR) is 105 cm³/mol. The van der Waals surface area contributed by atoms with E-state index < -0.39 is 5.60 Å². The van der Waals surface area contributed by atoms with Gasteiger partial charge in [0.2, 0.25) is 27.6 Å². The van der Waals surface area contributed by atoms with Crippen molar-refractivity contribution in [3.05, 3.63) is 5.69 Å². The molecular formula is C18H10N8OS2. The lowest BCUT2D eigenvalue weighted by atomic mass is 9.81. The van der Waals surface area contributed by atoms with Gasteiger partial charge in [-0.2, -0.15) is 36.0 Å². The lowest BCUT2D eigenvalue weighted by Crippen LogP contribution is -2.38. The summed E-state index contributed by atoms with van der Waals surface area (Å²) in [6, 6.07) is 6.93. The lowest BCUT2D eigenvalue weighted by Gasteiger charge is -2.38. The molecule has 0 aromatic carbocycles. The smallest absolute Gasteiger partial charge is 0.236 e. The molecule has 1 aliphatic carbocycles. The second kappa shape index (κ2) is 7.41. The van der Waals surface area contributed by atoms with Gasteiger partial charge >= 0.3 is 0 Å². The maximum absolute atomic E-state index is 9.00. The molecule has 0 N–H and O–H groups in total. The average molecular weight is 418 g/mol. The summed E-state index contributed by atoms with van der Waals surface area (Å²) >= 11 is 2.45. The number of rotatable bonds is 2. The molecule has 1 aliphatic heterocycles. The summed E-state index contributed by atoms with van der Waals surface area (Å²) in [4.78, 5) is 18.5. The van der Waals surface area contributed by atoms with Crippen LogP contribution in [-0.4, -0.2) is 21.4 Å². The second-order valence-electron chi connectivity index (χ2n) is 6.33. The number of thiazole rings is 2. The maximum atomic E-state index is 9.00. The van der Waals surface area contributed by atoms with Crippen molar-refractivity contribution in [2.24, 2.45) is 9.98 Å².